The molecule has 0 aliphatic carbocycles. The molecular weight excluding hydrogens is 1050 g/mol. The van der Waals surface area contributed by atoms with Gasteiger partial charge < -0.3 is 108 Å². The number of fused-ring (bicyclic) bond motifs is 14. The second-order valence-electron chi connectivity index (χ2n) is 22.7. The Hall–Kier alpha value is -2.35. The van der Waals surface area contributed by atoms with Gasteiger partial charge in [0.1, 0.15) is 79.4 Å². The number of carbonyl (C=O) groups is 3. The third-order valence-electron chi connectivity index (χ3n) is 15.6. The summed E-state index contributed by atoms with van der Waals surface area (Å²) in [6, 6.07) is 0. The van der Waals surface area contributed by atoms with Crippen molar-refractivity contribution in [2.75, 3.05) is 6.61 Å². The Balaban J connectivity index is 1.33. The SMILES string of the molecule is CCCCCC1CCCCCCCCCC(=O)OC2C(O)C(OC(C)C2OC2OC(C)C(OC3OC(C)C(OC(=O)C(C)C)C(O)C3O)C(OC3OC(CO)C(O)C(O)C3O)C2OC(=O)C(C)C)OC2C(C)OC(O1)C(O)C2O. The van der Waals surface area contributed by atoms with Crippen molar-refractivity contribution in [1.82, 2.24) is 0 Å². The van der Waals surface area contributed by atoms with E-state index in [1.807, 2.05) is 0 Å². The largest absolute Gasteiger partial charge is 0.457 e. The van der Waals surface area contributed by atoms with Crippen LogP contribution >= 0.6 is 0 Å². The average Bonchev–Trinajstić information content (AvgIpc) is 3.43. The number of hydrogen-bond acceptors (Lipinski definition) is 25. The van der Waals surface area contributed by atoms with Crippen molar-refractivity contribution in [3.8, 4) is 0 Å². The summed E-state index contributed by atoms with van der Waals surface area (Å²) in [4.78, 5) is 40.3. The molecule has 7 fully saturated rings. The fourth-order valence-electron chi connectivity index (χ4n) is 10.7. The lowest BCUT2D eigenvalue weighted by Gasteiger charge is -2.51. The van der Waals surface area contributed by atoms with Gasteiger partial charge >= 0.3 is 17.9 Å². The number of rotatable bonds is 15. The van der Waals surface area contributed by atoms with E-state index in [0.29, 0.717) is 12.8 Å². The normalized spacial score (nSPS) is 44.4. The van der Waals surface area contributed by atoms with Crippen LogP contribution < -0.4 is 0 Å². The molecule has 7 saturated heterocycles. The van der Waals surface area contributed by atoms with Crippen LogP contribution in [-0.4, -0.2) is 230 Å². The molecular formula is C54H92O25. The summed E-state index contributed by atoms with van der Waals surface area (Å²) < 4.78 is 80.3. The molecule has 7 aliphatic heterocycles. The molecule has 458 valence electrons. The maximum atomic E-state index is 13.9. The number of ether oxygens (including phenoxy) is 13. The molecule has 26 unspecified atom stereocenters. The zero-order valence-electron chi connectivity index (χ0n) is 47.1. The third-order valence-corrected chi connectivity index (χ3v) is 15.6. The van der Waals surface area contributed by atoms with Crippen LogP contribution in [0.1, 0.15) is 146 Å². The van der Waals surface area contributed by atoms with Crippen molar-refractivity contribution < 1.29 is 122 Å². The molecule has 4 bridgehead atoms. The first kappa shape index (κ1) is 65.8. The minimum Gasteiger partial charge on any atom is -0.457 e. The molecule has 25 heteroatoms. The lowest BCUT2D eigenvalue weighted by atomic mass is 9.95. The fraction of sp³-hybridized carbons (Fsp3) is 0.944. The molecule has 7 heterocycles. The maximum absolute atomic E-state index is 13.9. The number of aliphatic hydroxyl groups excluding tert-OH is 9. The Morgan fingerprint density at radius 3 is 1.68 bits per heavy atom. The van der Waals surface area contributed by atoms with Gasteiger partial charge in [-0.2, -0.15) is 0 Å². The predicted octanol–water partition coefficient (Wildman–Crippen LogP) is 0.648. The third kappa shape index (κ3) is 16.7. The molecule has 0 radical (unpaired) electrons. The van der Waals surface area contributed by atoms with Crippen molar-refractivity contribution in [3.05, 3.63) is 0 Å². The van der Waals surface area contributed by atoms with E-state index < -0.39 is 190 Å². The molecule has 0 saturated carbocycles. The maximum Gasteiger partial charge on any atom is 0.308 e. The molecule has 0 spiro atoms. The van der Waals surface area contributed by atoms with Gasteiger partial charge in [0.2, 0.25) is 0 Å². The minimum atomic E-state index is -2.01. The van der Waals surface area contributed by atoms with E-state index in [0.717, 1.165) is 64.2 Å². The van der Waals surface area contributed by atoms with Crippen LogP contribution in [0.5, 0.6) is 0 Å². The van der Waals surface area contributed by atoms with Gasteiger partial charge in [-0.1, -0.05) is 92.4 Å². The molecule has 79 heavy (non-hydrogen) atoms. The van der Waals surface area contributed by atoms with E-state index in [-0.39, 0.29) is 12.5 Å². The summed E-state index contributed by atoms with van der Waals surface area (Å²) in [6.07, 6.45) is -29.6. The summed E-state index contributed by atoms with van der Waals surface area (Å²) >= 11 is 0. The number of unbranched alkanes of at least 4 members (excludes halogenated alkanes) is 2. The van der Waals surface area contributed by atoms with Crippen molar-refractivity contribution >= 4 is 17.9 Å². The molecule has 0 aromatic rings. The highest BCUT2D eigenvalue weighted by Crippen LogP contribution is 2.39. The van der Waals surface area contributed by atoms with Crippen LogP contribution in [0.3, 0.4) is 0 Å². The standard InChI is InChI=1S/C54H92O25/c1-10-11-17-20-30-21-18-15-13-12-14-16-19-22-32(56)73-45-40(64)53(76-42-27(7)67-50(71-30)38(62)36(42)60)69-28(8)43(45)78-54-47(75-49(66)25(4)5)46(79-52-37(61)34(58)33(57)31(23-55)72-52)44(29(9)70-54)77-51-39(63)35(59)41(26(6)68-51)74-48(65)24(2)3/h24-31,33-47,50-55,57-64H,10-23H2,1-9H3. The first-order valence-electron chi connectivity index (χ1n) is 28.7. The highest BCUT2D eigenvalue weighted by atomic mass is 16.8. The molecule has 26 atom stereocenters. The van der Waals surface area contributed by atoms with Crippen LogP contribution in [0.25, 0.3) is 0 Å². The van der Waals surface area contributed by atoms with Crippen molar-refractivity contribution in [2.24, 2.45) is 11.8 Å². The highest BCUT2D eigenvalue weighted by Gasteiger charge is 2.59. The topological polar surface area (TPSA) is 353 Å². The van der Waals surface area contributed by atoms with Gasteiger partial charge in [0.05, 0.1) is 49.0 Å². The van der Waals surface area contributed by atoms with E-state index in [1.54, 1.807) is 20.8 Å². The molecule has 25 nitrogen and oxygen atoms in total. The van der Waals surface area contributed by atoms with Crippen LogP contribution in [0.4, 0.5) is 0 Å². The molecule has 0 aromatic carbocycles. The second kappa shape index (κ2) is 30.5. The predicted molar refractivity (Wildman–Crippen MR) is 271 cm³/mol. The Bertz CT molecular complexity index is 1860. The van der Waals surface area contributed by atoms with Crippen molar-refractivity contribution in [1.29, 1.82) is 0 Å². The van der Waals surface area contributed by atoms with Gasteiger partial charge in [-0.05, 0) is 47.0 Å². The Morgan fingerprint density at radius 1 is 0.506 bits per heavy atom. The van der Waals surface area contributed by atoms with Crippen molar-refractivity contribution in [3.63, 3.8) is 0 Å². The average molecular weight is 1140 g/mol. The quantitative estimate of drug-likeness (QED) is 0.0617. The Morgan fingerprint density at radius 2 is 1.04 bits per heavy atom. The zero-order chi connectivity index (χ0) is 58.0. The molecule has 7 rings (SSSR count). The Kier molecular flexibility index (Phi) is 25.4. The van der Waals surface area contributed by atoms with E-state index in [9.17, 15) is 60.3 Å². The molecule has 0 amide bonds. The number of carbonyl (C=O) groups excluding carboxylic acids is 3. The minimum absolute atomic E-state index is 0.0454. The van der Waals surface area contributed by atoms with Gasteiger partial charge in [-0.15, -0.1) is 0 Å². The number of hydrogen-bond donors (Lipinski definition) is 9. The zero-order valence-corrected chi connectivity index (χ0v) is 47.1. The van der Waals surface area contributed by atoms with E-state index in [1.165, 1.54) is 34.6 Å². The summed E-state index contributed by atoms with van der Waals surface area (Å²) in [7, 11) is 0. The van der Waals surface area contributed by atoms with E-state index in [2.05, 4.69) is 6.92 Å². The van der Waals surface area contributed by atoms with E-state index in [4.69, 9.17) is 61.6 Å². The van der Waals surface area contributed by atoms with Gasteiger partial charge in [0.15, 0.2) is 49.8 Å². The second-order valence-corrected chi connectivity index (χ2v) is 22.7. The molecule has 0 aromatic heterocycles. The summed E-state index contributed by atoms with van der Waals surface area (Å²) in [5.74, 6) is -3.66. The molecule has 9 N–H and O–H groups in total. The lowest BCUT2D eigenvalue weighted by Crippen LogP contribution is -2.68. The van der Waals surface area contributed by atoms with Crippen LogP contribution in [0.15, 0.2) is 0 Å². The summed E-state index contributed by atoms with van der Waals surface area (Å²) in [5.41, 5.74) is 0. The van der Waals surface area contributed by atoms with Gasteiger partial charge in [0.25, 0.3) is 0 Å². The van der Waals surface area contributed by atoms with Crippen molar-refractivity contribution in [2.45, 2.75) is 305 Å². The monoisotopic (exact) mass is 1140 g/mol. The lowest BCUT2D eigenvalue weighted by molar-refractivity contribution is -0.398. The first-order valence-corrected chi connectivity index (χ1v) is 28.7. The number of esters is 3. The first-order chi connectivity index (χ1) is 37.5. The fourth-order valence-corrected chi connectivity index (χ4v) is 10.7. The number of aliphatic hydroxyl groups is 9. The van der Waals surface area contributed by atoms with Gasteiger partial charge in [0, 0.05) is 6.42 Å². The van der Waals surface area contributed by atoms with Crippen LogP contribution in [-0.2, 0) is 76.0 Å². The smallest absolute Gasteiger partial charge is 0.308 e. The molecule has 7 aliphatic rings. The Labute approximate surface area is 462 Å². The van der Waals surface area contributed by atoms with E-state index >= 15 is 0 Å². The summed E-state index contributed by atoms with van der Waals surface area (Å²) in [5, 5.41) is 101. The van der Waals surface area contributed by atoms with Gasteiger partial charge in [-0.3, -0.25) is 14.4 Å². The summed E-state index contributed by atoms with van der Waals surface area (Å²) in [6.45, 7) is 13.5. The highest BCUT2D eigenvalue weighted by molar-refractivity contribution is 5.72. The van der Waals surface area contributed by atoms with Gasteiger partial charge in [-0.25, -0.2) is 0 Å². The van der Waals surface area contributed by atoms with Crippen LogP contribution in [0, 0.1) is 11.8 Å². The van der Waals surface area contributed by atoms with Crippen LogP contribution in [0.2, 0.25) is 0 Å².